The van der Waals surface area contributed by atoms with Crippen LogP contribution in [0.1, 0.15) is 54.6 Å². The molecule has 2 rings (SSSR count). The summed E-state index contributed by atoms with van der Waals surface area (Å²) < 4.78 is 0. The fraction of sp³-hybridized carbons (Fsp3) is 0.800. The van der Waals surface area contributed by atoms with E-state index in [9.17, 15) is 0 Å². The molecule has 102 valence electrons. The topological polar surface area (TPSA) is 24.9 Å². The molecule has 3 heteroatoms. The van der Waals surface area contributed by atoms with Gasteiger partial charge < -0.3 is 5.32 Å². The number of hydrogen-bond acceptors (Lipinski definition) is 3. The van der Waals surface area contributed by atoms with Crippen molar-refractivity contribution in [1.29, 1.82) is 0 Å². The molecule has 1 aliphatic rings. The lowest BCUT2D eigenvalue weighted by atomic mass is 9.81. The average Bonchev–Trinajstić information content (AvgIpc) is 2.69. The second kappa shape index (κ2) is 6.67. The Balaban J connectivity index is 1.67. The van der Waals surface area contributed by atoms with Crippen LogP contribution in [0.3, 0.4) is 0 Å². The van der Waals surface area contributed by atoms with E-state index in [2.05, 4.69) is 31.1 Å². The van der Waals surface area contributed by atoms with Gasteiger partial charge in [0, 0.05) is 11.4 Å². The van der Waals surface area contributed by atoms with E-state index in [4.69, 9.17) is 0 Å². The van der Waals surface area contributed by atoms with Crippen molar-refractivity contribution >= 4 is 11.3 Å². The molecular weight excluding hydrogens is 240 g/mol. The predicted molar refractivity (Wildman–Crippen MR) is 79.0 cm³/mol. The van der Waals surface area contributed by atoms with Crippen molar-refractivity contribution in [3.63, 3.8) is 0 Å². The lowest BCUT2D eigenvalue weighted by Gasteiger charge is -2.27. The van der Waals surface area contributed by atoms with Crippen molar-refractivity contribution in [2.45, 2.75) is 59.4 Å². The minimum Gasteiger partial charge on any atom is -0.310 e. The van der Waals surface area contributed by atoms with Gasteiger partial charge in [-0.1, -0.05) is 26.2 Å². The van der Waals surface area contributed by atoms with Crippen LogP contribution >= 0.6 is 11.3 Å². The van der Waals surface area contributed by atoms with E-state index < -0.39 is 0 Å². The van der Waals surface area contributed by atoms with Gasteiger partial charge in [0.25, 0.3) is 0 Å². The molecule has 0 aromatic carbocycles. The summed E-state index contributed by atoms with van der Waals surface area (Å²) in [6.07, 6.45) is 7.09. The highest BCUT2D eigenvalue weighted by Gasteiger charge is 2.19. The van der Waals surface area contributed by atoms with Crippen LogP contribution < -0.4 is 5.32 Å². The van der Waals surface area contributed by atoms with E-state index in [1.165, 1.54) is 54.2 Å². The molecule has 0 spiro atoms. The van der Waals surface area contributed by atoms with Gasteiger partial charge in [-0.3, -0.25) is 0 Å². The first-order valence-electron chi connectivity index (χ1n) is 7.32. The second-order valence-corrected chi connectivity index (χ2v) is 6.96. The lowest BCUT2D eigenvalue weighted by molar-refractivity contribution is 0.262. The van der Waals surface area contributed by atoms with Gasteiger partial charge in [-0.2, -0.15) is 0 Å². The van der Waals surface area contributed by atoms with Crippen molar-refractivity contribution < 1.29 is 0 Å². The Hall–Kier alpha value is -0.410. The standard InChI is InChI=1S/C15H26N2S/c1-4-13-5-7-14(8-6-13)9-16-10-15-17-11(2)12(3)18-15/h13-14,16H,4-10H2,1-3H3. The summed E-state index contributed by atoms with van der Waals surface area (Å²) in [5, 5.41) is 4.84. The highest BCUT2D eigenvalue weighted by molar-refractivity contribution is 7.11. The van der Waals surface area contributed by atoms with E-state index in [1.807, 2.05) is 11.3 Å². The third-order valence-corrected chi connectivity index (χ3v) is 5.40. The summed E-state index contributed by atoms with van der Waals surface area (Å²) in [4.78, 5) is 5.93. The maximum Gasteiger partial charge on any atom is 0.107 e. The Bertz CT molecular complexity index is 345. The Morgan fingerprint density at radius 1 is 1.17 bits per heavy atom. The molecule has 1 aromatic heterocycles. The number of aryl methyl sites for hydroxylation is 2. The van der Waals surface area contributed by atoms with Crippen LogP contribution in [0.15, 0.2) is 0 Å². The number of nitrogens with zero attached hydrogens (tertiary/aromatic N) is 1. The molecule has 0 aliphatic heterocycles. The molecule has 1 heterocycles. The van der Waals surface area contributed by atoms with E-state index in [0.717, 1.165) is 18.4 Å². The molecule has 0 bridgehead atoms. The second-order valence-electron chi connectivity index (χ2n) is 5.68. The molecule has 0 atom stereocenters. The van der Waals surface area contributed by atoms with Crippen molar-refractivity contribution in [2.24, 2.45) is 11.8 Å². The average molecular weight is 266 g/mol. The largest absolute Gasteiger partial charge is 0.310 e. The van der Waals surface area contributed by atoms with E-state index in [0.29, 0.717) is 0 Å². The van der Waals surface area contributed by atoms with Crippen molar-refractivity contribution in [3.05, 3.63) is 15.6 Å². The van der Waals surface area contributed by atoms with Crippen LogP contribution in [0.2, 0.25) is 0 Å². The third kappa shape index (κ3) is 3.79. The molecule has 0 amide bonds. The molecule has 1 N–H and O–H groups in total. The van der Waals surface area contributed by atoms with Gasteiger partial charge in [0.1, 0.15) is 5.01 Å². The molecule has 1 saturated carbocycles. The monoisotopic (exact) mass is 266 g/mol. The first kappa shape index (κ1) is 14.0. The first-order chi connectivity index (χ1) is 8.69. The van der Waals surface area contributed by atoms with Gasteiger partial charge in [0.2, 0.25) is 0 Å². The molecule has 2 nitrogen and oxygen atoms in total. The van der Waals surface area contributed by atoms with E-state index in [-0.39, 0.29) is 0 Å². The summed E-state index contributed by atoms with van der Waals surface area (Å²) in [6.45, 7) is 8.71. The van der Waals surface area contributed by atoms with Gasteiger partial charge in [-0.25, -0.2) is 4.98 Å². The predicted octanol–water partition coefficient (Wildman–Crippen LogP) is 4.07. The summed E-state index contributed by atoms with van der Waals surface area (Å²) in [6, 6.07) is 0. The minimum atomic E-state index is 0.898. The normalized spacial score (nSPS) is 24.4. The van der Waals surface area contributed by atoms with Crippen LogP contribution in [-0.2, 0) is 6.54 Å². The fourth-order valence-corrected chi connectivity index (χ4v) is 3.75. The minimum absolute atomic E-state index is 0.898. The highest BCUT2D eigenvalue weighted by Crippen LogP contribution is 2.30. The van der Waals surface area contributed by atoms with Gasteiger partial charge in [-0.05, 0) is 45.1 Å². The fourth-order valence-electron chi connectivity index (χ4n) is 2.84. The van der Waals surface area contributed by atoms with Crippen LogP contribution in [-0.4, -0.2) is 11.5 Å². The molecule has 1 aromatic rings. The van der Waals surface area contributed by atoms with Crippen LogP contribution in [0, 0.1) is 25.7 Å². The summed E-state index contributed by atoms with van der Waals surface area (Å²) in [7, 11) is 0. The SMILES string of the molecule is CCC1CCC(CNCc2nc(C)c(C)s2)CC1. The Morgan fingerprint density at radius 3 is 2.39 bits per heavy atom. The highest BCUT2D eigenvalue weighted by atomic mass is 32.1. The summed E-state index contributed by atoms with van der Waals surface area (Å²) >= 11 is 1.83. The molecule has 0 unspecified atom stereocenters. The molecule has 18 heavy (non-hydrogen) atoms. The maximum atomic E-state index is 4.57. The number of nitrogens with one attached hydrogen (secondary N) is 1. The molecule has 0 radical (unpaired) electrons. The molecule has 1 aliphatic carbocycles. The summed E-state index contributed by atoms with van der Waals surface area (Å²) in [5.41, 5.74) is 1.19. The van der Waals surface area contributed by atoms with E-state index >= 15 is 0 Å². The molecular formula is C15H26N2S. The molecule has 1 fully saturated rings. The van der Waals surface area contributed by atoms with Crippen LogP contribution in [0.4, 0.5) is 0 Å². The van der Waals surface area contributed by atoms with E-state index in [1.54, 1.807) is 0 Å². The van der Waals surface area contributed by atoms with Crippen molar-refractivity contribution in [2.75, 3.05) is 6.54 Å². The Kier molecular flexibility index (Phi) is 5.19. The zero-order chi connectivity index (χ0) is 13.0. The van der Waals surface area contributed by atoms with Gasteiger partial charge in [-0.15, -0.1) is 11.3 Å². The summed E-state index contributed by atoms with van der Waals surface area (Å²) in [5.74, 6) is 1.90. The lowest BCUT2D eigenvalue weighted by Crippen LogP contribution is -2.26. The smallest absolute Gasteiger partial charge is 0.107 e. The number of aromatic nitrogens is 1. The first-order valence-corrected chi connectivity index (χ1v) is 8.14. The quantitative estimate of drug-likeness (QED) is 0.869. The van der Waals surface area contributed by atoms with Crippen molar-refractivity contribution in [3.8, 4) is 0 Å². The molecule has 0 saturated heterocycles. The Morgan fingerprint density at radius 2 is 1.83 bits per heavy atom. The Labute approximate surface area is 115 Å². The van der Waals surface area contributed by atoms with Gasteiger partial charge >= 0.3 is 0 Å². The maximum absolute atomic E-state index is 4.57. The van der Waals surface area contributed by atoms with Crippen LogP contribution in [0.5, 0.6) is 0 Å². The van der Waals surface area contributed by atoms with Gasteiger partial charge in [0.05, 0.1) is 5.69 Å². The zero-order valence-corrected chi connectivity index (χ0v) is 12.8. The number of hydrogen-bond donors (Lipinski definition) is 1. The van der Waals surface area contributed by atoms with Crippen LogP contribution in [0.25, 0.3) is 0 Å². The van der Waals surface area contributed by atoms with Gasteiger partial charge in [0.15, 0.2) is 0 Å². The number of rotatable bonds is 5. The number of thiazole rings is 1. The van der Waals surface area contributed by atoms with Crippen molar-refractivity contribution in [1.82, 2.24) is 10.3 Å². The zero-order valence-electron chi connectivity index (χ0n) is 12.0. The third-order valence-electron chi connectivity index (χ3n) is 4.33.